The fourth-order valence-corrected chi connectivity index (χ4v) is 6.02. The Morgan fingerprint density at radius 3 is 2.44 bits per heavy atom. The van der Waals surface area contributed by atoms with E-state index in [-0.39, 0.29) is 0 Å². The maximum Gasteiger partial charge on any atom is 0.248 e. The van der Waals surface area contributed by atoms with E-state index in [9.17, 15) is 4.79 Å². The van der Waals surface area contributed by atoms with Crippen molar-refractivity contribution in [3.63, 3.8) is 0 Å². The number of nitrogens with one attached hydrogen (secondary N) is 2. The van der Waals surface area contributed by atoms with E-state index in [1.165, 1.54) is 11.1 Å². The van der Waals surface area contributed by atoms with Crippen molar-refractivity contribution in [3.8, 4) is 0 Å². The van der Waals surface area contributed by atoms with Gasteiger partial charge < -0.3 is 26.3 Å². The summed E-state index contributed by atoms with van der Waals surface area (Å²) in [6.45, 7) is 2.72. The van der Waals surface area contributed by atoms with Crippen LogP contribution in [-0.2, 0) is 37.0 Å². The summed E-state index contributed by atoms with van der Waals surface area (Å²) in [6.07, 6.45) is 10.2. The number of para-hydroxylation sites is 1. The largest absolute Gasteiger partial charge is 0.369 e. The summed E-state index contributed by atoms with van der Waals surface area (Å²) in [5.41, 5.74) is 17.8. The van der Waals surface area contributed by atoms with E-state index < -0.39 is 17.5 Å². The number of allylic oxidation sites excluding steroid dienone is 2. The van der Waals surface area contributed by atoms with Crippen LogP contribution in [0.25, 0.3) is 10.9 Å². The fourth-order valence-electron chi connectivity index (χ4n) is 6.02. The average Bonchev–Trinajstić information content (AvgIpc) is 3.63. The molecule has 0 aliphatic carbocycles. The first-order chi connectivity index (χ1) is 21.0. The van der Waals surface area contributed by atoms with Gasteiger partial charge in [0.25, 0.3) is 0 Å². The lowest BCUT2D eigenvalue weighted by atomic mass is 9.79. The van der Waals surface area contributed by atoms with Crippen LogP contribution in [0.3, 0.4) is 0 Å². The summed E-state index contributed by atoms with van der Waals surface area (Å²) in [5.74, 6) is 0.504. The molecule has 6 rings (SSSR count). The van der Waals surface area contributed by atoms with Crippen molar-refractivity contribution in [1.82, 2.24) is 25.1 Å². The Labute approximate surface area is 251 Å². The van der Waals surface area contributed by atoms with Gasteiger partial charge in [0.2, 0.25) is 5.91 Å². The zero-order valence-electron chi connectivity index (χ0n) is 24.3. The number of aromatic amines is 1. The Hall–Kier alpha value is -4.95. The molecular formula is C35H37N7O. The van der Waals surface area contributed by atoms with Gasteiger partial charge in [0.1, 0.15) is 17.3 Å². The number of fused-ring (bicyclic) bond motifs is 1. The van der Waals surface area contributed by atoms with Gasteiger partial charge in [0, 0.05) is 23.5 Å². The summed E-state index contributed by atoms with van der Waals surface area (Å²) >= 11 is 0. The highest BCUT2D eigenvalue weighted by Crippen LogP contribution is 2.36. The molecule has 0 saturated heterocycles. The molecule has 218 valence electrons. The first-order valence-electron chi connectivity index (χ1n) is 14.8. The van der Waals surface area contributed by atoms with Gasteiger partial charge in [-0.1, -0.05) is 79.7 Å². The van der Waals surface area contributed by atoms with E-state index in [0.29, 0.717) is 30.8 Å². The number of hydrogen-bond acceptors (Lipinski definition) is 5. The zero-order valence-corrected chi connectivity index (χ0v) is 24.3. The van der Waals surface area contributed by atoms with Crippen LogP contribution in [-0.4, -0.2) is 31.3 Å². The third kappa shape index (κ3) is 5.74. The van der Waals surface area contributed by atoms with E-state index in [0.717, 1.165) is 40.7 Å². The van der Waals surface area contributed by atoms with Crippen molar-refractivity contribution in [2.45, 2.75) is 50.7 Å². The molecule has 3 aromatic carbocycles. The summed E-state index contributed by atoms with van der Waals surface area (Å²) < 4.78 is 2.18. The number of H-pyrrole nitrogens is 1. The Kier molecular flexibility index (Phi) is 7.94. The second-order valence-corrected chi connectivity index (χ2v) is 11.1. The first-order valence-corrected chi connectivity index (χ1v) is 14.8. The zero-order chi connectivity index (χ0) is 29.8. The molecule has 3 heterocycles. The third-order valence-electron chi connectivity index (χ3n) is 8.46. The van der Waals surface area contributed by atoms with Crippen LogP contribution in [0.15, 0.2) is 109 Å². The number of primary amides is 1. The van der Waals surface area contributed by atoms with Crippen molar-refractivity contribution in [2.24, 2.45) is 11.5 Å². The van der Waals surface area contributed by atoms with E-state index in [4.69, 9.17) is 21.7 Å². The maximum atomic E-state index is 12.8. The lowest BCUT2D eigenvalue weighted by molar-refractivity contribution is -0.115. The molecule has 8 heteroatoms. The lowest BCUT2D eigenvalue weighted by Gasteiger charge is -2.39. The monoisotopic (exact) mass is 571 g/mol. The van der Waals surface area contributed by atoms with E-state index in [2.05, 4.69) is 76.4 Å². The highest BCUT2D eigenvalue weighted by Gasteiger charge is 2.45. The predicted molar refractivity (Wildman–Crippen MR) is 170 cm³/mol. The number of amides is 1. The average molecular weight is 572 g/mol. The molecule has 6 N–H and O–H groups in total. The van der Waals surface area contributed by atoms with Gasteiger partial charge in [-0.15, -0.1) is 10.2 Å². The second-order valence-electron chi connectivity index (χ2n) is 11.1. The van der Waals surface area contributed by atoms with E-state index in [1.54, 1.807) is 18.4 Å². The minimum Gasteiger partial charge on any atom is -0.369 e. The van der Waals surface area contributed by atoms with Crippen molar-refractivity contribution in [1.29, 1.82) is 0 Å². The van der Waals surface area contributed by atoms with Gasteiger partial charge in [0.05, 0.1) is 18.0 Å². The molecule has 2 atom stereocenters. The number of nitrogens with two attached hydrogens (primary N) is 2. The molecule has 1 aliphatic rings. The van der Waals surface area contributed by atoms with Crippen LogP contribution >= 0.6 is 0 Å². The van der Waals surface area contributed by atoms with Gasteiger partial charge >= 0.3 is 0 Å². The number of carbonyl (C=O) groups excluding carboxylic acids is 1. The number of hydrogen-bond donors (Lipinski definition) is 4. The van der Waals surface area contributed by atoms with Gasteiger partial charge in [0.15, 0.2) is 0 Å². The molecular weight excluding hydrogens is 534 g/mol. The minimum atomic E-state index is -1.31. The standard InChI is InChI=1S/C35H37N7O/c1-2-24-14-16-26(17-15-24)23-42-32(19-18-25-9-4-3-5-10-25)40-41-34(42)30(35(37)29(33(36)43)12-8-20-39-35)21-27-22-38-31-13-7-6-11-28(27)31/h3-17,20,22,30,38-39H,2,18-19,21,23,37H2,1H3,(H2,36,43)/t30-,35?/m0/s1. The third-order valence-corrected chi connectivity index (χ3v) is 8.46. The smallest absolute Gasteiger partial charge is 0.248 e. The summed E-state index contributed by atoms with van der Waals surface area (Å²) in [6, 6.07) is 27.2. The van der Waals surface area contributed by atoms with Crippen molar-refractivity contribution in [3.05, 3.63) is 143 Å². The molecule has 1 aliphatic heterocycles. The van der Waals surface area contributed by atoms with Gasteiger partial charge in [-0.2, -0.15) is 0 Å². The molecule has 5 aromatic rings. The highest BCUT2D eigenvalue weighted by atomic mass is 16.1. The Bertz CT molecular complexity index is 1780. The van der Waals surface area contributed by atoms with Crippen LogP contribution in [0.4, 0.5) is 0 Å². The Morgan fingerprint density at radius 2 is 1.67 bits per heavy atom. The molecule has 0 radical (unpaired) electrons. The van der Waals surface area contributed by atoms with Gasteiger partial charge in [-0.05, 0) is 65.9 Å². The molecule has 2 aromatic heterocycles. The number of carbonyl (C=O) groups is 1. The number of aromatic nitrogens is 4. The Morgan fingerprint density at radius 1 is 0.930 bits per heavy atom. The molecule has 43 heavy (non-hydrogen) atoms. The summed E-state index contributed by atoms with van der Waals surface area (Å²) in [4.78, 5) is 16.2. The second kappa shape index (κ2) is 12.1. The SMILES string of the molecule is CCc1ccc(Cn2c(CCc3ccccc3)nnc2[C@H](Cc2c[nH]c3ccccc23)C2(N)NC=CC=C2C(N)=O)cc1. The minimum absolute atomic E-state index is 0.299. The molecule has 8 nitrogen and oxygen atoms in total. The number of rotatable bonds is 11. The van der Waals surface area contributed by atoms with Crippen LogP contribution in [0.5, 0.6) is 0 Å². The molecule has 0 saturated carbocycles. The quantitative estimate of drug-likeness (QED) is 0.183. The summed E-state index contributed by atoms with van der Waals surface area (Å²) in [5, 5.41) is 13.9. The lowest BCUT2D eigenvalue weighted by Crippen LogP contribution is -2.61. The van der Waals surface area contributed by atoms with Crippen LogP contribution in [0.2, 0.25) is 0 Å². The molecule has 1 amide bonds. The van der Waals surface area contributed by atoms with Gasteiger partial charge in [-0.25, -0.2) is 0 Å². The topological polar surface area (TPSA) is 128 Å². The van der Waals surface area contributed by atoms with Gasteiger partial charge in [-0.3, -0.25) is 4.79 Å². The fraction of sp³-hybridized carbons (Fsp3) is 0.229. The van der Waals surface area contributed by atoms with E-state index in [1.807, 2.05) is 30.5 Å². The molecule has 0 fully saturated rings. The number of dihydropyridines is 1. The number of benzene rings is 3. The highest BCUT2D eigenvalue weighted by molar-refractivity contribution is 5.95. The summed E-state index contributed by atoms with van der Waals surface area (Å²) in [7, 11) is 0. The van der Waals surface area contributed by atoms with Crippen LogP contribution < -0.4 is 16.8 Å². The van der Waals surface area contributed by atoms with Crippen molar-refractivity contribution in [2.75, 3.05) is 0 Å². The maximum absolute atomic E-state index is 12.8. The van der Waals surface area contributed by atoms with Crippen LogP contribution in [0.1, 0.15) is 46.7 Å². The molecule has 1 unspecified atom stereocenters. The molecule has 0 bridgehead atoms. The van der Waals surface area contributed by atoms with E-state index >= 15 is 0 Å². The predicted octanol–water partition coefficient (Wildman–Crippen LogP) is 4.67. The molecule has 0 spiro atoms. The number of aryl methyl sites for hydroxylation is 3. The first kappa shape index (κ1) is 28.2. The number of nitrogens with zero attached hydrogens (tertiary/aromatic N) is 3. The Balaban J connectivity index is 1.47. The normalized spacial score (nSPS) is 17.0. The van der Waals surface area contributed by atoms with Crippen molar-refractivity contribution >= 4 is 16.8 Å². The van der Waals surface area contributed by atoms with Crippen molar-refractivity contribution < 1.29 is 4.79 Å². The van der Waals surface area contributed by atoms with Crippen LogP contribution in [0, 0.1) is 0 Å².